The van der Waals surface area contributed by atoms with E-state index < -0.39 is 12.3 Å². The Kier molecular flexibility index (Phi) is 9.88. The van der Waals surface area contributed by atoms with Crippen LogP contribution < -0.4 is 14.8 Å². The number of amides is 1. The van der Waals surface area contributed by atoms with E-state index in [1.54, 1.807) is 4.90 Å². The van der Waals surface area contributed by atoms with Crippen LogP contribution in [-0.4, -0.2) is 54.5 Å². The molecule has 10 heteroatoms. The zero-order valence-corrected chi connectivity index (χ0v) is 22.6. The quantitative estimate of drug-likeness (QED) is 0.312. The Bertz CT molecular complexity index is 1260. The molecular formula is C31H33F3N2O5. The maximum Gasteiger partial charge on any atom is 0.573 e. The average molecular weight is 571 g/mol. The lowest BCUT2D eigenvalue weighted by Gasteiger charge is -2.43. The number of likely N-dealkylation sites (tertiary alicyclic amines) is 1. The smallest absolute Gasteiger partial charge is 0.496 e. The molecule has 2 N–H and O–H groups in total. The lowest BCUT2D eigenvalue weighted by molar-refractivity contribution is -0.274. The van der Waals surface area contributed by atoms with E-state index >= 15 is 0 Å². The minimum absolute atomic E-state index is 0.0787. The molecule has 4 rings (SSSR count). The number of carboxylic acid groups (broad SMARTS) is 1. The monoisotopic (exact) mass is 570 g/mol. The van der Waals surface area contributed by atoms with Gasteiger partial charge in [0.05, 0.1) is 13.5 Å². The molecule has 3 aromatic carbocycles. The number of rotatable bonds is 11. The molecule has 0 saturated carbocycles. The fourth-order valence-corrected chi connectivity index (χ4v) is 5.51. The van der Waals surface area contributed by atoms with Crippen LogP contribution >= 0.6 is 0 Å². The van der Waals surface area contributed by atoms with Crippen LogP contribution in [0.25, 0.3) is 0 Å². The number of aliphatic carboxylic acids is 1. The summed E-state index contributed by atoms with van der Waals surface area (Å²) in [6.07, 6.45) is -4.56. The molecule has 1 aliphatic heterocycles. The van der Waals surface area contributed by atoms with Gasteiger partial charge in [0.15, 0.2) is 0 Å². The number of methoxy groups -OCH3 is 1. The molecule has 0 bridgehead atoms. The molecule has 2 atom stereocenters. The predicted octanol–water partition coefficient (Wildman–Crippen LogP) is 5.60. The van der Waals surface area contributed by atoms with Gasteiger partial charge in [0, 0.05) is 49.5 Å². The topological polar surface area (TPSA) is 88.1 Å². The highest BCUT2D eigenvalue weighted by Crippen LogP contribution is 2.38. The SMILES string of the molecule is COc1ccc(OC(F)(F)F)cc1CNC1CCN(C(=O)CCC(=O)O)CC1C(c1ccccc1)c1ccccc1. The molecule has 1 fully saturated rings. The normalized spacial score (nSPS) is 17.3. The Morgan fingerprint density at radius 1 is 1.00 bits per heavy atom. The van der Waals surface area contributed by atoms with Crippen LogP contribution in [0, 0.1) is 5.92 Å². The first-order valence-electron chi connectivity index (χ1n) is 13.4. The third kappa shape index (κ3) is 8.23. The molecule has 7 nitrogen and oxygen atoms in total. The van der Waals surface area contributed by atoms with Crippen LogP contribution in [0.3, 0.4) is 0 Å². The fraction of sp³-hybridized carbons (Fsp3) is 0.355. The first-order valence-corrected chi connectivity index (χ1v) is 13.4. The van der Waals surface area contributed by atoms with Crippen molar-refractivity contribution >= 4 is 11.9 Å². The molecule has 1 heterocycles. The molecule has 0 aliphatic carbocycles. The van der Waals surface area contributed by atoms with E-state index in [0.29, 0.717) is 30.8 Å². The number of carboxylic acids is 1. The van der Waals surface area contributed by atoms with E-state index in [-0.39, 0.29) is 48.9 Å². The molecular weight excluding hydrogens is 537 g/mol. The second-order valence-corrected chi connectivity index (χ2v) is 9.99. The maximum absolute atomic E-state index is 13.0. The third-order valence-corrected chi connectivity index (χ3v) is 7.35. The molecule has 218 valence electrons. The summed E-state index contributed by atoms with van der Waals surface area (Å²) in [6, 6.07) is 23.7. The van der Waals surface area contributed by atoms with Crippen LogP contribution in [0.2, 0.25) is 0 Å². The number of nitrogens with one attached hydrogen (secondary N) is 1. The molecule has 0 spiro atoms. The summed E-state index contributed by atoms with van der Waals surface area (Å²) in [6.45, 7) is 1.03. The summed E-state index contributed by atoms with van der Waals surface area (Å²) in [5, 5.41) is 12.6. The van der Waals surface area contributed by atoms with Gasteiger partial charge in [-0.1, -0.05) is 60.7 Å². The Morgan fingerprint density at radius 3 is 2.20 bits per heavy atom. The van der Waals surface area contributed by atoms with Crippen LogP contribution in [-0.2, 0) is 16.1 Å². The van der Waals surface area contributed by atoms with Crippen molar-refractivity contribution < 1.29 is 37.3 Å². The Labute approximate surface area is 236 Å². The number of carbonyl (C=O) groups is 2. The molecule has 1 saturated heterocycles. The van der Waals surface area contributed by atoms with Gasteiger partial charge in [0.2, 0.25) is 5.91 Å². The number of benzene rings is 3. The number of hydrogen-bond donors (Lipinski definition) is 2. The third-order valence-electron chi connectivity index (χ3n) is 7.35. The van der Waals surface area contributed by atoms with Crippen molar-refractivity contribution in [3.8, 4) is 11.5 Å². The van der Waals surface area contributed by atoms with Crippen LogP contribution in [0.1, 0.15) is 41.9 Å². The summed E-state index contributed by atoms with van der Waals surface area (Å²) in [5.74, 6) is -1.38. The lowest BCUT2D eigenvalue weighted by atomic mass is 9.74. The summed E-state index contributed by atoms with van der Waals surface area (Å²) in [4.78, 5) is 25.8. The first-order chi connectivity index (χ1) is 19.6. The molecule has 2 unspecified atom stereocenters. The number of nitrogens with zero attached hydrogens (tertiary/aromatic N) is 1. The van der Waals surface area contributed by atoms with Gasteiger partial charge in [-0.25, -0.2) is 0 Å². The number of ether oxygens (including phenoxy) is 2. The second-order valence-electron chi connectivity index (χ2n) is 9.99. The van der Waals surface area contributed by atoms with Gasteiger partial charge in [-0.15, -0.1) is 13.2 Å². The van der Waals surface area contributed by atoms with Crippen molar-refractivity contribution in [1.29, 1.82) is 0 Å². The zero-order valence-electron chi connectivity index (χ0n) is 22.6. The summed E-state index contributed by atoms with van der Waals surface area (Å²) < 4.78 is 48.1. The van der Waals surface area contributed by atoms with Crippen molar-refractivity contribution in [2.45, 2.75) is 44.1 Å². The van der Waals surface area contributed by atoms with Gasteiger partial charge < -0.3 is 24.8 Å². The number of hydrogen-bond acceptors (Lipinski definition) is 5. The number of halogens is 3. The molecule has 0 aromatic heterocycles. The minimum atomic E-state index is -4.82. The highest BCUT2D eigenvalue weighted by Gasteiger charge is 2.38. The van der Waals surface area contributed by atoms with Gasteiger partial charge in [0.25, 0.3) is 0 Å². The Morgan fingerprint density at radius 2 is 1.63 bits per heavy atom. The minimum Gasteiger partial charge on any atom is -0.496 e. The Balaban J connectivity index is 1.64. The standard InChI is InChI=1S/C31H33F3N2O5/c1-40-27-13-12-24(41-31(32,33)34)18-23(27)19-35-26-16-17-36(28(37)14-15-29(38)39)20-25(26)30(21-8-4-2-5-9-21)22-10-6-3-7-11-22/h2-13,18,25-26,30,35H,14-17,19-20H2,1H3,(H,38,39). The number of carbonyl (C=O) groups excluding carboxylic acids is 1. The van der Waals surface area contributed by atoms with Crippen molar-refractivity contribution in [2.75, 3.05) is 20.2 Å². The number of alkyl halides is 3. The second kappa shape index (κ2) is 13.5. The van der Waals surface area contributed by atoms with E-state index in [4.69, 9.17) is 9.84 Å². The fourth-order valence-electron chi connectivity index (χ4n) is 5.51. The highest BCUT2D eigenvalue weighted by atomic mass is 19.4. The summed E-state index contributed by atoms with van der Waals surface area (Å²) >= 11 is 0. The van der Waals surface area contributed by atoms with E-state index in [9.17, 15) is 22.8 Å². The van der Waals surface area contributed by atoms with Crippen molar-refractivity contribution in [2.24, 2.45) is 5.92 Å². The van der Waals surface area contributed by atoms with E-state index in [1.165, 1.54) is 25.3 Å². The lowest BCUT2D eigenvalue weighted by Crippen LogP contribution is -2.53. The van der Waals surface area contributed by atoms with Gasteiger partial charge in [-0.05, 0) is 35.7 Å². The number of piperidine rings is 1. The predicted molar refractivity (Wildman–Crippen MR) is 147 cm³/mol. The summed E-state index contributed by atoms with van der Waals surface area (Å²) in [7, 11) is 1.45. The van der Waals surface area contributed by atoms with Crippen LogP contribution in [0.4, 0.5) is 13.2 Å². The van der Waals surface area contributed by atoms with Crippen LogP contribution in [0.15, 0.2) is 78.9 Å². The molecule has 41 heavy (non-hydrogen) atoms. The van der Waals surface area contributed by atoms with Gasteiger partial charge in [0.1, 0.15) is 11.5 Å². The van der Waals surface area contributed by atoms with Crippen molar-refractivity contribution in [1.82, 2.24) is 10.2 Å². The van der Waals surface area contributed by atoms with E-state index in [1.807, 2.05) is 60.7 Å². The molecule has 1 amide bonds. The van der Waals surface area contributed by atoms with Crippen molar-refractivity contribution in [3.05, 3.63) is 95.6 Å². The van der Waals surface area contributed by atoms with Crippen LogP contribution in [0.5, 0.6) is 11.5 Å². The highest BCUT2D eigenvalue weighted by molar-refractivity contribution is 5.80. The van der Waals surface area contributed by atoms with Gasteiger partial charge in [-0.3, -0.25) is 9.59 Å². The Hall–Kier alpha value is -4.05. The van der Waals surface area contributed by atoms with E-state index in [2.05, 4.69) is 10.1 Å². The maximum atomic E-state index is 13.0. The van der Waals surface area contributed by atoms with Gasteiger partial charge >= 0.3 is 12.3 Å². The molecule has 3 aromatic rings. The molecule has 1 aliphatic rings. The van der Waals surface area contributed by atoms with Gasteiger partial charge in [-0.2, -0.15) is 0 Å². The first kappa shape index (κ1) is 29.9. The zero-order chi connectivity index (χ0) is 29.4. The average Bonchev–Trinajstić information content (AvgIpc) is 2.95. The van der Waals surface area contributed by atoms with Crippen molar-refractivity contribution in [3.63, 3.8) is 0 Å². The molecule has 0 radical (unpaired) electrons. The summed E-state index contributed by atoms with van der Waals surface area (Å²) in [5.41, 5.74) is 2.63. The largest absolute Gasteiger partial charge is 0.573 e. The van der Waals surface area contributed by atoms with E-state index in [0.717, 1.165) is 11.1 Å².